The Labute approximate surface area is 105 Å². The van der Waals surface area contributed by atoms with Crippen molar-refractivity contribution < 1.29 is 13.2 Å². The highest BCUT2D eigenvalue weighted by Gasteiger charge is 2.27. The van der Waals surface area contributed by atoms with Crippen LogP contribution < -0.4 is 5.32 Å². The van der Waals surface area contributed by atoms with Gasteiger partial charge >= 0.3 is 0 Å². The van der Waals surface area contributed by atoms with Gasteiger partial charge in [0, 0.05) is 26.8 Å². The van der Waals surface area contributed by atoms with E-state index < -0.39 is 10.0 Å². The fraction of sp³-hybridized carbons (Fsp3) is 1.00. The van der Waals surface area contributed by atoms with E-state index in [1.54, 1.807) is 11.4 Å². The molecule has 1 fully saturated rings. The summed E-state index contributed by atoms with van der Waals surface area (Å²) in [6.07, 6.45) is 2.51. The topological polar surface area (TPSA) is 58.6 Å². The van der Waals surface area contributed by atoms with E-state index in [4.69, 9.17) is 4.74 Å². The molecule has 0 saturated carbocycles. The first-order valence-corrected chi connectivity index (χ1v) is 7.82. The van der Waals surface area contributed by atoms with E-state index in [9.17, 15) is 8.42 Å². The smallest absolute Gasteiger partial charge is 0.214 e. The predicted octanol–water partition coefficient (Wildman–Crippen LogP) is 0.284. The number of methoxy groups -OCH3 is 1. The lowest BCUT2D eigenvalue weighted by Crippen LogP contribution is -2.40. The van der Waals surface area contributed by atoms with Crippen LogP contribution in [-0.2, 0) is 14.8 Å². The highest BCUT2D eigenvalue weighted by molar-refractivity contribution is 7.89. The summed E-state index contributed by atoms with van der Waals surface area (Å²) in [7, 11) is 0.490. The molecule has 17 heavy (non-hydrogen) atoms. The minimum atomic E-state index is -3.04. The number of rotatable bonds is 7. The second-order valence-corrected chi connectivity index (χ2v) is 6.66. The molecular weight excluding hydrogens is 240 g/mol. The van der Waals surface area contributed by atoms with E-state index in [1.807, 2.05) is 7.05 Å². The van der Waals surface area contributed by atoms with Crippen LogP contribution in [0.1, 0.15) is 19.3 Å². The number of sulfonamides is 1. The fourth-order valence-corrected chi connectivity index (χ4v) is 3.68. The number of nitrogens with zero attached hydrogens (tertiary/aromatic N) is 1. The van der Waals surface area contributed by atoms with Crippen LogP contribution in [0.25, 0.3) is 0 Å². The van der Waals surface area contributed by atoms with Crippen molar-refractivity contribution >= 4 is 10.0 Å². The molecule has 0 aromatic heterocycles. The Hall–Kier alpha value is -0.170. The molecule has 1 aliphatic rings. The molecule has 5 nitrogen and oxygen atoms in total. The molecule has 1 saturated heterocycles. The molecule has 6 heteroatoms. The molecule has 0 atom stereocenters. The SMILES string of the molecule is CNCCCS(=O)(=O)N1CCC(COC)CC1. The maximum Gasteiger partial charge on any atom is 0.214 e. The summed E-state index contributed by atoms with van der Waals surface area (Å²) in [6, 6.07) is 0. The molecule has 0 unspecified atom stereocenters. The van der Waals surface area contributed by atoms with Gasteiger partial charge < -0.3 is 10.1 Å². The fourth-order valence-electron chi connectivity index (χ4n) is 2.15. The van der Waals surface area contributed by atoms with Gasteiger partial charge in [0.05, 0.1) is 5.75 Å². The summed E-state index contributed by atoms with van der Waals surface area (Å²) < 4.78 is 30.7. The Balaban J connectivity index is 2.36. The molecule has 0 spiro atoms. The zero-order valence-corrected chi connectivity index (χ0v) is 11.6. The normalized spacial score (nSPS) is 19.6. The van der Waals surface area contributed by atoms with Gasteiger partial charge in [0.2, 0.25) is 10.0 Å². The minimum absolute atomic E-state index is 0.253. The maximum atomic E-state index is 12.0. The molecule has 1 rings (SSSR count). The van der Waals surface area contributed by atoms with Crippen LogP contribution in [0.3, 0.4) is 0 Å². The monoisotopic (exact) mass is 264 g/mol. The van der Waals surface area contributed by atoms with Crippen LogP contribution in [-0.4, -0.2) is 58.9 Å². The number of hydrogen-bond acceptors (Lipinski definition) is 4. The van der Waals surface area contributed by atoms with Crippen molar-refractivity contribution in [1.29, 1.82) is 0 Å². The molecule has 0 amide bonds. The Bertz CT molecular complexity index is 298. The van der Waals surface area contributed by atoms with Crippen molar-refractivity contribution in [2.45, 2.75) is 19.3 Å². The quantitative estimate of drug-likeness (QED) is 0.671. The lowest BCUT2D eigenvalue weighted by atomic mass is 9.99. The van der Waals surface area contributed by atoms with Gasteiger partial charge in [-0.15, -0.1) is 0 Å². The van der Waals surface area contributed by atoms with E-state index in [0.29, 0.717) is 25.4 Å². The molecule has 1 heterocycles. The molecule has 0 radical (unpaired) electrons. The summed E-state index contributed by atoms with van der Waals surface area (Å²) >= 11 is 0. The maximum absolute atomic E-state index is 12.0. The molecular formula is C11H24N2O3S. The third-order valence-corrected chi connectivity index (χ3v) is 5.15. The third-order valence-electron chi connectivity index (χ3n) is 3.20. The number of piperidine rings is 1. The summed E-state index contributed by atoms with van der Waals surface area (Å²) in [5.41, 5.74) is 0. The van der Waals surface area contributed by atoms with E-state index >= 15 is 0 Å². The first-order chi connectivity index (χ1) is 8.10. The van der Waals surface area contributed by atoms with Crippen LogP contribution >= 0.6 is 0 Å². The van der Waals surface area contributed by atoms with Crippen LogP contribution in [0.4, 0.5) is 0 Å². The van der Waals surface area contributed by atoms with Gasteiger partial charge in [0.1, 0.15) is 0 Å². The average Bonchev–Trinajstić information content (AvgIpc) is 2.30. The van der Waals surface area contributed by atoms with Crippen LogP contribution in [0, 0.1) is 5.92 Å². The average molecular weight is 264 g/mol. The Kier molecular flexibility index (Phi) is 6.40. The molecule has 0 aliphatic carbocycles. The Morgan fingerprint density at radius 2 is 2.00 bits per heavy atom. The second kappa shape index (κ2) is 7.31. The largest absolute Gasteiger partial charge is 0.384 e. The van der Waals surface area contributed by atoms with Crippen molar-refractivity contribution in [1.82, 2.24) is 9.62 Å². The zero-order valence-electron chi connectivity index (χ0n) is 10.8. The highest BCUT2D eigenvalue weighted by atomic mass is 32.2. The van der Waals surface area contributed by atoms with Crippen molar-refractivity contribution in [2.24, 2.45) is 5.92 Å². The van der Waals surface area contributed by atoms with E-state index in [2.05, 4.69) is 5.32 Å². The standard InChI is InChI=1S/C11H24N2O3S/c1-12-6-3-9-17(14,15)13-7-4-11(5-8-13)10-16-2/h11-12H,3-10H2,1-2H3. The van der Waals surface area contributed by atoms with Crippen molar-refractivity contribution in [3.8, 4) is 0 Å². The molecule has 0 bridgehead atoms. The molecule has 1 N–H and O–H groups in total. The van der Waals surface area contributed by atoms with E-state index in [1.165, 1.54) is 0 Å². The highest BCUT2D eigenvalue weighted by Crippen LogP contribution is 2.20. The van der Waals surface area contributed by atoms with Crippen molar-refractivity contribution in [3.05, 3.63) is 0 Å². The molecule has 0 aromatic carbocycles. The van der Waals surface area contributed by atoms with Crippen molar-refractivity contribution in [2.75, 3.05) is 46.2 Å². The first kappa shape index (κ1) is 14.9. The molecule has 1 aliphatic heterocycles. The second-order valence-electron chi connectivity index (χ2n) is 4.57. The van der Waals surface area contributed by atoms with Crippen LogP contribution in [0.2, 0.25) is 0 Å². The predicted molar refractivity (Wildman–Crippen MR) is 68.5 cm³/mol. The number of hydrogen-bond donors (Lipinski definition) is 1. The van der Waals surface area contributed by atoms with Gasteiger partial charge in [-0.2, -0.15) is 0 Å². The molecule has 102 valence electrons. The van der Waals surface area contributed by atoms with Gasteiger partial charge in [-0.05, 0) is 38.8 Å². The number of nitrogens with one attached hydrogen (secondary N) is 1. The van der Waals surface area contributed by atoms with Gasteiger partial charge in [0.15, 0.2) is 0 Å². The van der Waals surface area contributed by atoms with Crippen LogP contribution in [0.5, 0.6) is 0 Å². The summed E-state index contributed by atoms with van der Waals surface area (Å²) in [4.78, 5) is 0. The van der Waals surface area contributed by atoms with Gasteiger partial charge in [-0.25, -0.2) is 12.7 Å². The van der Waals surface area contributed by atoms with Gasteiger partial charge in [0.25, 0.3) is 0 Å². The van der Waals surface area contributed by atoms with Gasteiger partial charge in [-0.1, -0.05) is 0 Å². The first-order valence-electron chi connectivity index (χ1n) is 6.21. The minimum Gasteiger partial charge on any atom is -0.384 e. The molecule has 0 aromatic rings. The lowest BCUT2D eigenvalue weighted by molar-refractivity contribution is 0.121. The van der Waals surface area contributed by atoms with E-state index in [-0.39, 0.29) is 5.75 Å². The van der Waals surface area contributed by atoms with Gasteiger partial charge in [-0.3, -0.25) is 0 Å². The summed E-state index contributed by atoms with van der Waals surface area (Å²) in [5.74, 6) is 0.770. The van der Waals surface area contributed by atoms with Crippen molar-refractivity contribution in [3.63, 3.8) is 0 Å². The van der Waals surface area contributed by atoms with E-state index in [0.717, 1.165) is 26.0 Å². The summed E-state index contributed by atoms with van der Waals surface area (Å²) in [6.45, 7) is 2.79. The Morgan fingerprint density at radius 3 is 2.53 bits per heavy atom. The zero-order chi connectivity index (χ0) is 12.7. The van der Waals surface area contributed by atoms with Crippen LogP contribution in [0.15, 0.2) is 0 Å². The third kappa shape index (κ3) is 4.91. The number of ether oxygens (including phenoxy) is 1. The lowest BCUT2D eigenvalue weighted by Gasteiger charge is -2.30. The summed E-state index contributed by atoms with van der Waals surface area (Å²) in [5, 5.41) is 2.97. The Morgan fingerprint density at radius 1 is 1.35 bits per heavy atom.